The Hall–Kier alpha value is -1.43. The van der Waals surface area contributed by atoms with Gasteiger partial charge in [-0.3, -0.25) is 9.63 Å². The summed E-state index contributed by atoms with van der Waals surface area (Å²) in [5, 5.41) is 1.75. The minimum Gasteiger partial charge on any atom is -0.464 e. The highest BCUT2D eigenvalue weighted by Crippen LogP contribution is 2.36. The molecule has 2 aliphatic rings. The molecule has 0 amide bonds. The van der Waals surface area contributed by atoms with Crippen LogP contribution < -0.4 is 0 Å². The van der Waals surface area contributed by atoms with Crippen molar-refractivity contribution in [2.24, 2.45) is 5.92 Å². The van der Waals surface area contributed by atoms with Crippen LogP contribution in [0.4, 0.5) is 0 Å². The second-order valence-corrected chi connectivity index (χ2v) is 6.18. The molecule has 3 rings (SSSR count). The first kappa shape index (κ1) is 16.4. The molecule has 2 heterocycles. The van der Waals surface area contributed by atoms with E-state index in [1.54, 1.807) is 5.06 Å². The van der Waals surface area contributed by atoms with Gasteiger partial charge in [-0.1, -0.05) is 43.7 Å². The molecule has 3 atom stereocenters. The molecule has 126 valence electrons. The lowest BCUT2D eigenvalue weighted by atomic mass is 9.93. The topological polar surface area (TPSA) is 48.0 Å². The van der Waals surface area contributed by atoms with Gasteiger partial charge in [0.2, 0.25) is 0 Å². The zero-order valence-corrected chi connectivity index (χ0v) is 13.6. The van der Waals surface area contributed by atoms with Crippen molar-refractivity contribution in [2.45, 2.75) is 51.5 Å². The molecule has 2 aliphatic heterocycles. The largest absolute Gasteiger partial charge is 0.464 e. The number of nitrogens with zero attached hydrogens (tertiary/aromatic N) is 1. The smallest absolute Gasteiger partial charge is 0.326 e. The highest BCUT2D eigenvalue weighted by molar-refractivity contribution is 5.76. The number of carbonyl (C=O) groups is 1. The van der Waals surface area contributed by atoms with Gasteiger partial charge in [-0.15, -0.1) is 0 Å². The van der Waals surface area contributed by atoms with E-state index in [9.17, 15) is 4.79 Å². The van der Waals surface area contributed by atoms with Crippen LogP contribution in [0.25, 0.3) is 0 Å². The molecule has 2 fully saturated rings. The third-order valence-electron chi connectivity index (χ3n) is 4.43. The summed E-state index contributed by atoms with van der Waals surface area (Å²) < 4.78 is 11.2. The lowest BCUT2D eigenvalue weighted by molar-refractivity contribution is -0.254. The maximum atomic E-state index is 12.6. The predicted molar refractivity (Wildman–Crippen MR) is 85.2 cm³/mol. The summed E-state index contributed by atoms with van der Waals surface area (Å²) in [5.41, 5.74) is 1.11. The Balaban J connectivity index is 1.71. The van der Waals surface area contributed by atoms with Crippen LogP contribution in [0.2, 0.25) is 0 Å². The van der Waals surface area contributed by atoms with Crippen LogP contribution in [0.15, 0.2) is 30.3 Å². The molecule has 2 saturated heterocycles. The highest BCUT2D eigenvalue weighted by atomic mass is 16.8. The maximum absolute atomic E-state index is 12.6. The summed E-state index contributed by atoms with van der Waals surface area (Å²) in [5.74, 6) is -0.131. The third kappa shape index (κ3) is 3.91. The van der Waals surface area contributed by atoms with Gasteiger partial charge < -0.3 is 9.47 Å². The lowest BCUT2D eigenvalue weighted by Crippen LogP contribution is -2.41. The first-order valence-electron chi connectivity index (χ1n) is 8.55. The Morgan fingerprint density at radius 2 is 2.17 bits per heavy atom. The number of carbonyl (C=O) groups excluding carboxylic acids is 1. The summed E-state index contributed by atoms with van der Waals surface area (Å²) in [6, 6.07) is 9.65. The molecule has 0 bridgehead atoms. The summed E-state index contributed by atoms with van der Waals surface area (Å²) in [7, 11) is 0. The molecule has 1 aromatic rings. The number of hydrogen-bond acceptors (Lipinski definition) is 5. The molecule has 23 heavy (non-hydrogen) atoms. The van der Waals surface area contributed by atoms with Gasteiger partial charge in [0, 0.05) is 12.5 Å². The molecule has 5 heteroatoms. The van der Waals surface area contributed by atoms with Crippen LogP contribution in [0.3, 0.4) is 0 Å². The van der Waals surface area contributed by atoms with E-state index >= 15 is 0 Å². The van der Waals surface area contributed by atoms with Crippen molar-refractivity contribution in [1.82, 2.24) is 5.06 Å². The van der Waals surface area contributed by atoms with Crippen LogP contribution in [-0.2, 0) is 25.7 Å². The van der Waals surface area contributed by atoms with E-state index in [0.717, 1.165) is 31.2 Å². The monoisotopic (exact) mass is 319 g/mol. The first-order valence-corrected chi connectivity index (χ1v) is 8.55. The zero-order chi connectivity index (χ0) is 16.1. The molecule has 0 radical (unpaired) electrons. The number of hydroxylamine groups is 2. The number of ether oxygens (including phenoxy) is 2. The van der Waals surface area contributed by atoms with E-state index in [4.69, 9.17) is 14.3 Å². The van der Waals surface area contributed by atoms with Gasteiger partial charge in [0.15, 0.2) is 6.29 Å². The Bertz CT molecular complexity index is 507. The molecule has 0 unspecified atom stereocenters. The molecule has 0 saturated carbocycles. The van der Waals surface area contributed by atoms with Gasteiger partial charge in [-0.25, -0.2) is 0 Å². The lowest BCUT2D eigenvalue weighted by Gasteiger charge is -2.25. The van der Waals surface area contributed by atoms with Crippen LogP contribution in [0.5, 0.6) is 0 Å². The molecule has 0 spiro atoms. The quantitative estimate of drug-likeness (QED) is 0.596. The van der Waals surface area contributed by atoms with Crippen molar-refractivity contribution in [3.63, 3.8) is 0 Å². The summed E-state index contributed by atoms with van der Waals surface area (Å²) in [6.45, 7) is 3.81. The van der Waals surface area contributed by atoms with Gasteiger partial charge >= 0.3 is 5.97 Å². The standard InChI is InChI=1S/C18H25NO4/c1-2-3-11-21-17(20)16-15-10-7-12-22-18(15)23-19(16)13-14-8-5-4-6-9-14/h4-6,8-9,15-16,18H,2-3,7,10-13H2,1H3/t15-,16+,18+/m0/s1. The van der Waals surface area contributed by atoms with Gasteiger partial charge in [0.1, 0.15) is 6.04 Å². The molecule has 0 aromatic heterocycles. The van der Waals surface area contributed by atoms with Gasteiger partial charge in [0.05, 0.1) is 13.2 Å². The van der Waals surface area contributed by atoms with Crippen molar-refractivity contribution < 1.29 is 19.1 Å². The number of benzene rings is 1. The second kappa shape index (κ2) is 7.90. The fourth-order valence-electron chi connectivity index (χ4n) is 3.20. The van der Waals surface area contributed by atoms with Crippen molar-refractivity contribution in [2.75, 3.05) is 13.2 Å². The third-order valence-corrected chi connectivity index (χ3v) is 4.43. The average molecular weight is 319 g/mol. The molecular weight excluding hydrogens is 294 g/mol. The van der Waals surface area contributed by atoms with E-state index in [-0.39, 0.29) is 24.2 Å². The van der Waals surface area contributed by atoms with E-state index in [1.807, 2.05) is 30.3 Å². The van der Waals surface area contributed by atoms with Crippen molar-refractivity contribution in [3.05, 3.63) is 35.9 Å². The minimum absolute atomic E-state index is 0.0570. The van der Waals surface area contributed by atoms with E-state index in [1.165, 1.54) is 0 Å². The van der Waals surface area contributed by atoms with Gasteiger partial charge in [-0.05, 0) is 24.8 Å². The molecule has 0 aliphatic carbocycles. The predicted octanol–water partition coefficient (Wildman–Crippen LogP) is 2.90. The highest BCUT2D eigenvalue weighted by Gasteiger charge is 2.49. The second-order valence-electron chi connectivity index (χ2n) is 6.18. The normalized spacial score (nSPS) is 27.6. The van der Waals surface area contributed by atoms with Crippen molar-refractivity contribution >= 4 is 5.97 Å². The number of fused-ring (bicyclic) bond motifs is 1. The van der Waals surface area contributed by atoms with E-state index < -0.39 is 0 Å². The van der Waals surface area contributed by atoms with Crippen LogP contribution >= 0.6 is 0 Å². The molecule has 1 aromatic carbocycles. The van der Waals surface area contributed by atoms with Crippen molar-refractivity contribution in [3.8, 4) is 0 Å². The Kier molecular flexibility index (Phi) is 5.65. The van der Waals surface area contributed by atoms with Gasteiger partial charge in [-0.2, -0.15) is 5.06 Å². The fourth-order valence-corrected chi connectivity index (χ4v) is 3.20. The van der Waals surface area contributed by atoms with E-state index in [0.29, 0.717) is 19.8 Å². The Morgan fingerprint density at radius 1 is 1.35 bits per heavy atom. The summed E-state index contributed by atoms with van der Waals surface area (Å²) in [4.78, 5) is 18.5. The summed E-state index contributed by atoms with van der Waals surface area (Å²) in [6.07, 6.45) is 3.47. The maximum Gasteiger partial charge on any atom is 0.326 e. The zero-order valence-electron chi connectivity index (χ0n) is 13.6. The fraction of sp³-hybridized carbons (Fsp3) is 0.611. The summed E-state index contributed by atoms with van der Waals surface area (Å²) >= 11 is 0. The number of hydrogen-bond donors (Lipinski definition) is 0. The molecule has 0 N–H and O–H groups in total. The first-order chi connectivity index (χ1) is 11.3. The van der Waals surface area contributed by atoms with Crippen LogP contribution in [0, 0.1) is 5.92 Å². The number of unbranched alkanes of at least 4 members (excludes halogenated alkanes) is 1. The molecule has 5 nitrogen and oxygen atoms in total. The average Bonchev–Trinajstić information content (AvgIpc) is 2.93. The number of esters is 1. The van der Waals surface area contributed by atoms with Crippen LogP contribution in [0.1, 0.15) is 38.2 Å². The van der Waals surface area contributed by atoms with E-state index in [2.05, 4.69) is 6.92 Å². The SMILES string of the molecule is CCCCOC(=O)[C@H]1[C@@H]2CCCO[C@@H]2ON1Cc1ccccc1. The van der Waals surface area contributed by atoms with Gasteiger partial charge in [0.25, 0.3) is 0 Å². The molecular formula is C18H25NO4. The Morgan fingerprint density at radius 3 is 2.96 bits per heavy atom. The van der Waals surface area contributed by atoms with Crippen LogP contribution in [-0.4, -0.2) is 36.6 Å². The Labute approximate surface area is 137 Å². The number of rotatable bonds is 6. The van der Waals surface area contributed by atoms with Crippen molar-refractivity contribution in [1.29, 1.82) is 0 Å². The minimum atomic E-state index is -0.377.